The fourth-order valence-corrected chi connectivity index (χ4v) is 2.87. The van der Waals surface area contributed by atoms with Crippen LogP contribution in [0.1, 0.15) is 39.3 Å². The Labute approximate surface area is 128 Å². The van der Waals surface area contributed by atoms with Crippen molar-refractivity contribution in [2.75, 3.05) is 11.9 Å². The molecule has 1 aromatic rings. The summed E-state index contributed by atoms with van der Waals surface area (Å²) < 4.78 is 5.35. The van der Waals surface area contributed by atoms with Gasteiger partial charge in [-0.25, -0.2) is 9.78 Å². The summed E-state index contributed by atoms with van der Waals surface area (Å²) in [6.07, 6.45) is 1.01. The first-order valence-corrected chi connectivity index (χ1v) is 7.87. The van der Waals surface area contributed by atoms with Crippen molar-refractivity contribution in [3.8, 4) is 0 Å². The molecule has 2 rings (SSSR count). The van der Waals surface area contributed by atoms with E-state index in [-0.39, 0.29) is 5.91 Å². The average Bonchev–Trinajstić information content (AvgIpc) is 2.95. The predicted molar refractivity (Wildman–Crippen MR) is 81.4 cm³/mol. The zero-order chi connectivity index (χ0) is 15.6. The third-order valence-corrected chi connectivity index (χ3v) is 3.91. The lowest BCUT2D eigenvalue weighted by molar-refractivity contribution is -0.120. The van der Waals surface area contributed by atoms with Gasteiger partial charge in [0.15, 0.2) is 5.13 Å². The Morgan fingerprint density at radius 2 is 2.19 bits per heavy atom. The summed E-state index contributed by atoms with van der Waals surface area (Å²) in [5.41, 5.74) is 0.304. The lowest BCUT2D eigenvalue weighted by Gasteiger charge is -2.27. The molecular formula is C14H21N3O3S. The number of hydrogen-bond donors (Lipinski definition) is 1. The molecule has 1 atom stereocenters. The topological polar surface area (TPSA) is 71.5 Å². The number of carbonyl (C=O) groups is 2. The third-order valence-electron chi connectivity index (χ3n) is 3.03. The van der Waals surface area contributed by atoms with Crippen molar-refractivity contribution in [1.82, 2.24) is 9.88 Å². The van der Waals surface area contributed by atoms with E-state index in [2.05, 4.69) is 10.3 Å². The average molecular weight is 311 g/mol. The molecule has 0 aromatic carbocycles. The van der Waals surface area contributed by atoms with Crippen LogP contribution < -0.4 is 5.32 Å². The van der Waals surface area contributed by atoms with Crippen LogP contribution in [0.25, 0.3) is 0 Å². The van der Waals surface area contributed by atoms with E-state index < -0.39 is 17.7 Å². The van der Waals surface area contributed by atoms with E-state index in [1.165, 1.54) is 16.2 Å². The van der Waals surface area contributed by atoms with Gasteiger partial charge in [-0.15, -0.1) is 11.3 Å². The Bertz CT molecular complexity index is 536. The van der Waals surface area contributed by atoms with Gasteiger partial charge in [0.05, 0.1) is 5.69 Å². The minimum absolute atomic E-state index is 0.201. The third kappa shape index (κ3) is 4.17. The van der Waals surface area contributed by atoms with Crippen LogP contribution in [-0.2, 0) is 9.53 Å². The van der Waals surface area contributed by atoms with Crippen LogP contribution in [0.3, 0.4) is 0 Å². The van der Waals surface area contributed by atoms with Crippen LogP contribution in [0.2, 0.25) is 0 Å². The number of hydrogen-bond acceptors (Lipinski definition) is 5. The summed E-state index contributed by atoms with van der Waals surface area (Å²) in [5.74, 6) is -0.201. The molecular weight excluding hydrogens is 290 g/mol. The van der Waals surface area contributed by atoms with Gasteiger partial charge in [0.2, 0.25) is 5.91 Å². The van der Waals surface area contributed by atoms with Gasteiger partial charge in [-0.1, -0.05) is 0 Å². The number of nitrogens with zero attached hydrogens (tertiary/aromatic N) is 2. The van der Waals surface area contributed by atoms with Gasteiger partial charge >= 0.3 is 6.09 Å². The van der Waals surface area contributed by atoms with E-state index in [1.807, 2.05) is 33.1 Å². The van der Waals surface area contributed by atoms with Crippen LogP contribution in [0.5, 0.6) is 0 Å². The second-order valence-corrected chi connectivity index (χ2v) is 6.97. The van der Waals surface area contributed by atoms with E-state index in [0.29, 0.717) is 18.1 Å². The maximum atomic E-state index is 12.3. The molecule has 0 spiro atoms. The molecule has 1 N–H and O–H groups in total. The molecule has 1 aliphatic rings. The Morgan fingerprint density at radius 3 is 2.76 bits per heavy atom. The Kier molecular flexibility index (Phi) is 4.51. The molecule has 0 aliphatic carbocycles. The maximum Gasteiger partial charge on any atom is 0.410 e. The lowest BCUT2D eigenvalue weighted by Crippen LogP contribution is -2.45. The molecule has 1 aliphatic heterocycles. The molecule has 7 heteroatoms. The fourth-order valence-electron chi connectivity index (χ4n) is 2.18. The highest BCUT2D eigenvalue weighted by atomic mass is 32.1. The van der Waals surface area contributed by atoms with Crippen LogP contribution in [0.15, 0.2) is 5.38 Å². The standard InChI is InChI=1S/C14H21N3O3S/c1-9-8-21-12(15-9)16-11(18)10-6-5-7-17(10)13(19)20-14(2,3)4/h8,10H,5-7H2,1-4H3,(H,15,16,18). The highest BCUT2D eigenvalue weighted by Crippen LogP contribution is 2.23. The summed E-state index contributed by atoms with van der Waals surface area (Å²) in [7, 11) is 0. The van der Waals surface area contributed by atoms with Crippen molar-refractivity contribution in [2.24, 2.45) is 0 Å². The van der Waals surface area contributed by atoms with Gasteiger partial charge in [-0.2, -0.15) is 0 Å². The number of thiazole rings is 1. The fraction of sp³-hybridized carbons (Fsp3) is 0.643. The van der Waals surface area contributed by atoms with Gasteiger partial charge in [0.1, 0.15) is 11.6 Å². The summed E-state index contributed by atoms with van der Waals surface area (Å²) >= 11 is 1.38. The van der Waals surface area contributed by atoms with Crippen molar-refractivity contribution in [1.29, 1.82) is 0 Å². The van der Waals surface area contributed by atoms with Gasteiger partial charge in [-0.05, 0) is 40.5 Å². The Balaban J connectivity index is 2.00. The number of anilines is 1. The van der Waals surface area contributed by atoms with E-state index in [1.54, 1.807) is 0 Å². The van der Waals surface area contributed by atoms with Gasteiger partial charge in [-0.3, -0.25) is 9.69 Å². The smallest absolute Gasteiger partial charge is 0.410 e. The van der Waals surface area contributed by atoms with Crippen LogP contribution >= 0.6 is 11.3 Å². The number of carbonyl (C=O) groups excluding carboxylic acids is 2. The molecule has 1 saturated heterocycles. The number of nitrogens with one attached hydrogen (secondary N) is 1. The molecule has 2 heterocycles. The summed E-state index contributed by atoms with van der Waals surface area (Å²) in [5, 5.41) is 5.21. The van der Waals surface area contributed by atoms with Crippen LogP contribution in [0.4, 0.5) is 9.93 Å². The SMILES string of the molecule is Cc1csc(NC(=O)C2CCCN2C(=O)OC(C)(C)C)n1. The number of likely N-dealkylation sites (tertiary alicyclic amines) is 1. The molecule has 21 heavy (non-hydrogen) atoms. The van der Waals surface area contributed by atoms with Gasteiger partial charge < -0.3 is 10.1 Å². The van der Waals surface area contributed by atoms with E-state index >= 15 is 0 Å². The maximum absolute atomic E-state index is 12.3. The van der Waals surface area contributed by atoms with Crippen molar-refractivity contribution in [3.63, 3.8) is 0 Å². The zero-order valence-electron chi connectivity index (χ0n) is 12.8. The van der Waals surface area contributed by atoms with Crippen LogP contribution in [-0.4, -0.2) is 40.1 Å². The molecule has 0 saturated carbocycles. The predicted octanol–water partition coefficient (Wildman–Crippen LogP) is 2.79. The second-order valence-electron chi connectivity index (χ2n) is 6.12. The molecule has 0 radical (unpaired) electrons. The minimum Gasteiger partial charge on any atom is -0.444 e. The lowest BCUT2D eigenvalue weighted by atomic mass is 10.2. The van der Waals surface area contributed by atoms with Crippen LogP contribution in [0, 0.1) is 6.92 Å². The number of rotatable bonds is 2. The van der Waals surface area contributed by atoms with E-state index in [9.17, 15) is 9.59 Å². The Hall–Kier alpha value is -1.63. The van der Waals surface area contributed by atoms with E-state index in [0.717, 1.165) is 12.1 Å². The molecule has 1 aromatic heterocycles. The summed E-state index contributed by atoms with van der Waals surface area (Å²) in [6, 6.07) is -0.482. The minimum atomic E-state index is -0.562. The molecule has 2 amide bonds. The van der Waals surface area contributed by atoms with Gasteiger partial charge in [0.25, 0.3) is 0 Å². The van der Waals surface area contributed by atoms with Crippen molar-refractivity contribution < 1.29 is 14.3 Å². The number of amides is 2. The highest BCUT2D eigenvalue weighted by Gasteiger charge is 2.36. The zero-order valence-corrected chi connectivity index (χ0v) is 13.6. The monoisotopic (exact) mass is 311 g/mol. The number of ether oxygens (including phenoxy) is 1. The van der Waals surface area contributed by atoms with Crippen molar-refractivity contribution in [3.05, 3.63) is 11.1 Å². The molecule has 116 valence electrons. The van der Waals surface area contributed by atoms with Gasteiger partial charge in [0, 0.05) is 11.9 Å². The quantitative estimate of drug-likeness (QED) is 0.911. The number of aryl methyl sites for hydroxylation is 1. The largest absolute Gasteiger partial charge is 0.444 e. The van der Waals surface area contributed by atoms with E-state index in [4.69, 9.17) is 4.74 Å². The summed E-state index contributed by atoms with van der Waals surface area (Å²) in [6.45, 7) is 7.86. The van der Waals surface area contributed by atoms with Crippen molar-refractivity contribution >= 4 is 28.5 Å². The molecule has 6 nitrogen and oxygen atoms in total. The molecule has 1 unspecified atom stereocenters. The first kappa shape index (κ1) is 15.8. The molecule has 1 fully saturated rings. The first-order valence-electron chi connectivity index (χ1n) is 6.99. The Morgan fingerprint density at radius 1 is 1.48 bits per heavy atom. The van der Waals surface area contributed by atoms with Crippen molar-refractivity contribution in [2.45, 2.75) is 52.2 Å². The summed E-state index contributed by atoms with van der Waals surface area (Å²) in [4.78, 5) is 30.2. The first-order chi connectivity index (χ1) is 9.76. The number of aromatic nitrogens is 1. The highest BCUT2D eigenvalue weighted by molar-refractivity contribution is 7.13. The molecule has 0 bridgehead atoms. The second kappa shape index (κ2) is 6.01. The normalized spacial score (nSPS) is 18.7.